The average molecular weight is 432 g/mol. The number of hydrogen-bond donors (Lipinski definition) is 2. The molecular formula is C22H16N4O4S. The van der Waals surface area contributed by atoms with Crippen molar-refractivity contribution in [2.45, 2.75) is 0 Å². The van der Waals surface area contributed by atoms with Crippen molar-refractivity contribution in [3.63, 3.8) is 0 Å². The van der Waals surface area contributed by atoms with E-state index < -0.39 is 5.97 Å². The van der Waals surface area contributed by atoms with E-state index in [-0.39, 0.29) is 11.7 Å². The molecule has 4 aromatic rings. The molecule has 0 saturated carbocycles. The number of amides is 2. The Morgan fingerprint density at radius 3 is 2.77 bits per heavy atom. The third-order valence-corrected chi connectivity index (χ3v) is 5.79. The van der Waals surface area contributed by atoms with Crippen LogP contribution in [0.1, 0.15) is 10.5 Å². The fourth-order valence-electron chi connectivity index (χ4n) is 3.39. The smallest absolute Gasteiger partial charge is 0.354 e. The number of para-hydroxylation sites is 1. The molecule has 2 N–H and O–H groups in total. The Kier molecular flexibility index (Phi) is 4.72. The Bertz CT molecular complexity index is 1290. The summed E-state index contributed by atoms with van der Waals surface area (Å²) in [6.07, 6.45) is 0. The second-order valence-corrected chi connectivity index (χ2v) is 7.84. The molecule has 0 fully saturated rings. The van der Waals surface area contributed by atoms with Crippen LogP contribution >= 0.6 is 11.3 Å². The molecule has 154 valence electrons. The van der Waals surface area contributed by atoms with E-state index in [1.54, 1.807) is 35.2 Å². The van der Waals surface area contributed by atoms with E-state index >= 15 is 0 Å². The van der Waals surface area contributed by atoms with Crippen molar-refractivity contribution in [1.29, 1.82) is 0 Å². The van der Waals surface area contributed by atoms with Crippen LogP contribution in [0.15, 0.2) is 60.7 Å². The summed E-state index contributed by atoms with van der Waals surface area (Å²) in [5, 5.41) is 12.6. The van der Waals surface area contributed by atoms with Crippen LogP contribution in [0.3, 0.4) is 0 Å². The average Bonchev–Trinajstić information content (AvgIpc) is 3.20. The van der Waals surface area contributed by atoms with Crippen LogP contribution in [0.25, 0.3) is 21.5 Å². The van der Waals surface area contributed by atoms with Gasteiger partial charge in [0.1, 0.15) is 18.1 Å². The molecule has 0 saturated heterocycles. The lowest BCUT2D eigenvalue weighted by Crippen LogP contribution is -2.40. The van der Waals surface area contributed by atoms with Gasteiger partial charge in [-0.05, 0) is 42.5 Å². The van der Waals surface area contributed by atoms with Crippen LogP contribution in [-0.2, 0) is 0 Å². The first-order chi connectivity index (χ1) is 15.1. The largest absolute Gasteiger partial charge is 0.490 e. The van der Waals surface area contributed by atoms with Gasteiger partial charge in [-0.25, -0.2) is 19.6 Å². The third kappa shape index (κ3) is 3.66. The zero-order chi connectivity index (χ0) is 21.4. The number of pyridine rings is 1. The third-order valence-electron chi connectivity index (χ3n) is 4.84. The number of carbonyl (C=O) groups excluding carboxylic acids is 1. The van der Waals surface area contributed by atoms with Crippen molar-refractivity contribution in [3.8, 4) is 17.0 Å². The molecule has 0 radical (unpaired) electrons. The van der Waals surface area contributed by atoms with Crippen molar-refractivity contribution < 1.29 is 19.4 Å². The summed E-state index contributed by atoms with van der Waals surface area (Å²) in [4.78, 5) is 34.5. The normalized spacial score (nSPS) is 12.8. The highest BCUT2D eigenvalue weighted by molar-refractivity contribution is 7.22. The van der Waals surface area contributed by atoms with Crippen LogP contribution in [0.5, 0.6) is 5.75 Å². The van der Waals surface area contributed by atoms with E-state index in [0.29, 0.717) is 41.0 Å². The number of carboxylic acid groups (broad SMARTS) is 1. The van der Waals surface area contributed by atoms with Crippen molar-refractivity contribution >= 4 is 44.4 Å². The maximum absolute atomic E-state index is 13.0. The van der Waals surface area contributed by atoms with Gasteiger partial charge in [0.2, 0.25) is 0 Å². The van der Waals surface area contributed by atoms with Crippen molar-refractivity contribution in [2.24, 2.45) is 0 Å². The van der Waals surface area contributed by atoms with Crippen molar-refractivity contribution in [2.75, 3.05) is 23.4 Å². The van der Waals surface area contributed by atoms with Crippen molar-refractivity contribution in [1.82, 2.24) is 9.97 Å². The number of nitrogens with zero attached hydrogens (tertiary/aromatic N) is 3. The van der Waals surface area contributed by atoms with Crippen LogP contribution in [0, 0.1) is 0 Å². The molecule has 2 aromatic heterocycles. The van der Waals surface area contributed by atoms with Gasteiger partial charge in [-0.1, -0.05) is 29.5 Å². The molecule has 0 atom stereocenters. The highest BCUT2D eigenvalue weighted by atomic mass is 32.1. The first kappa shape index (κ1) is 19.0. The number of rotatable bonds is 3. The SMILES string of the molecule is O=C(O)c1cccc(-c2ccc3c(c2)N(C(=O)Nc2nc4ccccc4s2)CCO3)n1. The molecule has 2 aromatic carbocycles. The number of carboxylic acids is 1. The van der Waals surface area contributed by atoms with Gasteiger partial charge in [-0.15, -0.1) is 0 Å². The van der Waals surface area contributed by atoms with E-state index in [9.17, 15) is 14.7 Å². The Morgan fingerprint density at radius 2 is 1.94 bits per heavy atom. The van der Waals surface area contributed by atoms with Gasteiger partial charge in [0.05, 0.1) is 28.1 Å². The first-order valence-corrected chi connectivity index (χ1v) is 10.3. The standard InChI is InChI=1S/C22H16N4O4S/c27-20(28)16-6-3-5-14(23-16)13-8-9-18-17(12-13)26(10-11-30-18)22(29)25-21-24-15-4-1-2-7-19(15)31-21/h1-9,12H,10-11H2,(H,27,28)(H,24,25,29). The molecule has 31 heavy (non-hydrogen) atoms. The molecule has 2 amide bonds. The number of hydrogen-bond acceptors (Lipinski definition) is 6. The number of benzene rings is 2. The van der Waals surface area contributed by atoms with E-state index in [4.69, 9.17) is 4.74 Å². The maximum atomic E-state index is 13.0. The highest BCUT2D eigenvalue weighted by Gasteiger charge is 2.25. The fourth-order valence-corrected chi connectivity index (χ4v) is 4.24. The molecule has 0 aliphatic carbocycles. The lowest BCUT2D eigenvalue weighted by molar-refractivity contribution is 0.0690. The molecule has 0 bridgehead atoms. The lowest BCUT2D eigenvalue weighted by atomic mass is 10.1. The van der Waals surface area contributed by atoms with Gasteiger partial charge >= 0.3 is 12.0 Å². The van der Waals surface area contributed by atoms with E-state index in [1.807, 2.05) is 24.3 Å². The minimum Gasteiger partial charge on any atom is -0.490 e. The summed E-state index contributed by atoms with van der Waals surface area (Å²) in [5.41, 5.74) is 2.56. The number of nitrogens with one attached hydrogen (secondary N) is 1. The van der Waals surface area contributed by atoms with Gasteiger partial charge in [-0.2, -0.15) is 0 Å². The second-order valence-electron chi connectivity index (χ2n) is 6.81. The Labute approximate surface area is 180 Å². The zero-order valence-corrected chi connectivity index (χ0v) is 16.9. The van der Waals surface area contributed by atoms with E-state index in [2.05, 4.69) is 15.3 Å². The molecule has 0 unspecified atom stereocenters. The summed E-state index contributed by atoms with van der Waals surface area (Å²) in [6, 6.07) is 17.5. The molecule has 1 aliphatic rings. The van der Waals surface area contributed by atoms with Gasteiger partial charge < -0.3 is 9.84 Å². The molecule has 9 heteroatoms. The minimum atomic E-state index is -1.10. The quantitative estimate of drug-likeness (QED) is 0.494. The summed E-state index contributed by atoms with van der Waals surface area (Å²) in [7, 11) is 0. The number of anilines is 2. The Hall–Kier alpha value is -3.98. The monoisotopic (exact) mass is 432 g/mol. The van der Waals surface area contributed by atoms with E-state index in [1.165, 1.54) is 17.4 Å². The summed E-state index contributed by atoms with van der Waals surface area (Å²) in [5.74, 6) is -0.524. The van der Waals surface area contributed by atoms with Crippen LogP contribution < -0.4 is 15.0 Å². The summed E-state index contributed by atoms with van der Waals surface area (Å²) in [6.45, 7) is 0.738. The number of aromatic nitrogens is 2. The van der Waals surface area contributed by atoms with Gasteiger partial charge in [0.15, 0.2) is 5.13 Å². The van der Waals surface area contributed by atoms with Crippen LogP contribution in [-0.4, -0.2) is 40.2 Å². The van der Waals surface area contributed by atoms with E-state index in [0.717, 1.165) is 10.2 Å². The van der Waals surface area contributed by atoms with Crippen molar-refractivity contribution in [3.05, 3.63) is 66.4 Å². The molecule has 1 aliphatic heterocycles. The minimum absolute atomic E-state index is 0.0445. The maximum Gasteiger partial charge on any atom is 0.354 e. The highest BCUT2D eigenvalue weighted by Crippen LogP contribution is 2.36. The number of ether oxygens (including phenoxy) is 1. The lowest BCUT2D eigenvalue weighted by Gasteiger charge is -2.29. The number of thiazole rings is 1. The van der Waals surface area contributed by atoms with Gasteiger partial charge in [-0.3, -0.25) is 10.2 Å². The molecular weight excluding hydrogens is 416 g/mol. The van der Waals surface area contributed by atoms with Gasteiger partial charge in [0, 0.05) is 5.56 Å². The fraction of sp³-hybridized carbons (Fsp3) is 0.0909. The van der Waals surface area contributed by atoms with Gasteiger partial charge in [0.25, 0.3) is 0 Å². The molecule has 0 spiro atoms. The number of fused-ring (bicyclic) bond motifs is 2. The van der Waals surface area contributed by atoms with Crippen LogP contribution in [0.2, 0.25) is 0 Å². The predicted octanol–water partition coefficient (Wildman–Crippen LogP) is 4.49. The number of urea groups is 1. The molecule has 3 heterocycles. The number of carbonyl (C=O) groups is 2. The summed E-state index contributed by atoms with van der Waals surface area (Å²) < 4.78 is 6.70. The second kappa shape index (κ2) is 7.69. The zero-order valence-electron chi connectivity index (χ0n) is 16.1. The topological polar surface area (TPSA) is 105 Å². The Balaban J connectivity index is 1.45. The summed E-state index contributed by atoms with van der Waals surface area (Å²) >= 11 is 1.41. The molecule has 5 rings (SSSR count). The molecule has 8 nitrogen and oxygen atoms in total. The number of aromatic carboxylic acids is 1. The van der Waals surface area contributed by atoms with Crippen LogP contribution in [0.4, 0.5) is 15.6 Å². The predicted molar refractivity (Wildman–Crippen MR) is 118 cm³/mol. The first-order valence-electron chi connectivity index (χ1n) is 9.50. The Morgan fingerprint density at radius 1 is 1.06 bits per heavy atom.